The molecule has 0 amide bonds. The lowest BCUT2D eigenvalue weighted by Crippen LogP contribution is -2.05. The van der Waals surface area contributed by atoms with Crippen LogP contribution in [0.3, 0.4) is 0 Å². The number of carboxylic acids is 1. The number of nitrogens with zero attached hydrogens (tertiary/aromatic N) is 2. The minimum atomic E-state index is -0.778. The Morgan fingerprint density at radius 1 is 1.45 bits per heavy atom. The van der Waals surface area contributed by atoms with E-state index in [0.717, 1.165) is 22.5 Å². The third-order valence-corrected chi connectivity index (χ3v) is 3.21. The highest BCUT2D eigenvalue weighted by molar-refractivity contribution is 5.80. The second-order valence-corrected chi connectivity index (χ2v) is 4.69. The number of carboxylic acid groups (broad SMARTS) is 1. The van der Waals surface area contributed by atoms with Gasteiger partial charge in [-0.3, -0.25) is 4.79 Å². The topological polar surface area (TPSA) is 87.4 Å². The van der Waals surface area contributed by atoms with Gasteiger partial charge in [-0.05, 0) is 24.6 Å². The summed E-state index contributed by atoms with van der Waals surface area (Å²) in [6.45, 7) is 0.588. The van der Waals surface area contributed by atoms with Gasteiger partial charge < -0.3 is 20.1 Å². The summed E-state index contributed by atoms with van der Waals surface area (Å²) in [5.41, 5.74) is 2.81. The zero-order chi connectivity index (χ0) is 14.5. The highest BCUT2D eigenvalue weighted by Crippen LogP contribution is 2.20. The third-order valence-electron chi connectivity index (χ3n) is 3.21. The number of rotatable bonds is 7. The number of aliphatic carboxylic acids is 1. The summed E-state index contributed by atoms with van der Waals surface area (Å²) >= 11 is 0. The number of aryl methyl sites for hydroxylation is 2. The van der Waals surface area contributed by atoms with Crippen molar-refractivity contribution in [2.24, 2.45) is 7.05 Å². The molecule has 0 radical (unpaired) electrons. The SMILES string of the molecule is Cn1c(CCCC(=O)O)nc2cc(NCCO)ccc21. The van der Waals surface area contributed by atoms with Crippen molar-refractivity contribution >= 4 is 22.7 Å². The molecule has 2 aromatic rings. The van der Waals surface area contributed by atoms with Gasteiger partial charge in [0.2, 0.25) is 0 Å². The highest BCUT2D eigenvalue weighted by atomic mass is 16.4. The molecule has 0 bridgehead atoms. The van der Waals surface area contributed by atoms with E-state index < -0.39 is 5.97 Å². The van der Waals surface area contributed by atoms with E-state index in [9.17, 15) is 4.79 Å². The van der Waals surface area contributed by atoms with Gasteiger partial charge >= 0.3 is 5.97 Å². The first kappa shape index (κ1) is 14.3. The van der Waals surface area contributed by atoms with Gasteiger partial charge in [0.25, 0.3) is 0 Å². The summed E-state index contributed by atoms with van der Waals surface area (Å²) in [7, 11) is 1.94. The summed E-state index contributed by atoms with van der Waals surface area (Å²) in [5, 5.41) is 20.6. The maximum absolute atomic E-state index is 10.5. The van der Waals surface area contributed by atoms with Crippen LogP contribution in [-0.4, -0.2) is 38.9 Å². The van der Waals surface area contributed by atoms with Crippen LogP contribution in [0.25, 0.3) is 11.0 Å². The number of anilines is 1. The van der Waals surface area contributed by atoms with E-state index in [1.54, 1.807) is 0 Å². The zero-order valence-corrected chi connectivity index (χ0v) is 11.5. The van der Waals surface area contributed by atoms with Crippen molar-refractivity contribution < 1.29 is 15.0 Å². The van der Waals surface area contributed by atoms with Crippen LogP contribution < -0.4 is 5.32 Å². The molecular formula is C14H19N3O3. The summed E-state index contributed by atoms with van der Waals surface area (Å²) in [5.74, 6) is 0.111. The molecule has 0 saturated carbocycles. The average Bonchev–Trinajstić information content (AvgIpc) is 2.72. The van der Waals surface area contributed by atoms with Gasteiger partial charge in [0.1, 0.15) is 5.82 Å². The Bertz CT molecular complexity index is 607. The van der Waals surface area contributed by atoms with Gasteiger partial charge in [0, 0.05) is 32.1 Å². The van der Waals surface area contributed by atoms with Crippen LogP contribution >= 0.6 is 0 Å². The number of fused-ring (bicyclic) bond motifs is 1. The normalized spacial score (nSPS) is 10.9. The molecular weight excluding hydrogens is 258 g/mol. The van der Waals surface area contributed by atoms with Crippen molar-refractivity contribution in [3.05, 3.63) is 24.0 Å². The number of carbonyl (C=O) groups is 1. The average molecular weight is 277 g/mol. The molecule has 0 spiro atoms. The fourth-order valence-electron chi connectivity index (χ4n) is 2.18. The second kappa shape index (κ2) is 6.38. The fourth-order valence-corrected chi connectivity index (χ4v) is 2.18. The largest absolute Gasteiger partial charge is 0.481 e. The van der Waals surface area contributed by atoms with Gasteiger partial charge in [-0.2, -0.15) is 0 Å². The number of hydrogen-bond acceptors (Lipinski definition) is 4. The lowest BCUT2D eigenvalue weighted by molar-refractivity contribution is -0.137. The number of aliphatic hydroxyl groups excluding tert-OH is 1. The lowest BCUT2D eigenvalue weighted by Gasteiger charge is -2.04. The Balaban J connectivity index is 2.16. The third kappa shape index (κ3) is 3.27. The maximum Gasteiger partial charge on any atom is 0.303 e. The van der Waals surface area contributed by atoms with Crippen molar-refractivity contribution in [3.63, 3.8) is 0 Å². The molecule has 0 aliphatic rings. The predicted octanol–water partition coefficient (Wildman–Crippen LogP) is 1.38. The number of aliphatic hydroxyl groups is 1. The summed E-state index contributed by atoms with van der Waals surface area (Å²) < 4.78 is 1.99. The van der Waals surface area contributed by atoms with Crippen molar-refractivity contribution in [1.82, 2.24) is 9.55 Å². The molecule has 1 aromatic heterocycles. The smallest absolute Gasteiger partial charge is 0.303 e. The van der Waals surface area contributed by atoms with Gasteiger partial charge in [-0.1, -0.05) is 0 Å². The van der Waals surface area contributed by atoms with Crippen molar-refractivity contribution in [3.8, 4) is 0 Å². The van der Waals surface area contributed by atoms with E-state index >= 15 is 0 Å². The molecule has 1 aromatic carbocycles. The van der Waals surface area contributed by atoms with E-state index in [2.05, 4.69) is 10.3 Å². The number of imidazole rings is 1. The van der Waals surface area contributed by atoms with E-state index in [1.165, 1.54) is 0 Å². The van der Waals surface area contributed by atoms with Crippen LogP contribution in [0, 0.1) is 0 Å². The van der Waals surface area contributed by atoms with Crippen LogP contribution in [0.2, 0.25) is 0 Å². The Morgan fingerprint density at radius 2 is 2.25 bits per heavy atom. The van der Waals surface area contributed by atoms with E-state index in [-0.39, 0.29) is 13.0 Å². The molecule has 3 N–H and O–H groups in total. The van der Waals surface area contributed by atoms with Crippen molar-refractivity contribution in [2.45, 2.75) is 19.3 Å². The van der Waals surface area contributed by atoms with Crippen LogP contribution in [0.4, 0.5) is 5.69 Å². The fraction of sp³-hybridized carbons (Fsp3) is 0.429. The van der Waals surface area contributed by atoms with E-state index in [0.29, 0.717) is 19.4 Å². The molecule has 0 aliphatic carbocycles. The number of hydrogen-bond donors (Lipinski definition) is 3. The first-order valence-corrected chi connectivity index (χ1v) is 6.63. The monoisotopic (exact) mass is 277 g/mol. The number of aromatic nitrogens is 2. The van der Waals surface area contributed by atoms with Crippen LogP contribution in [0.5, 0.6) is 0 Å². The number of benzene rings is 1. The van der Waals surface area contributed by atoms with Crippen molar-refractivity contribution in [1.29, 1.82) is 0 Å². The first-order valence-electron chi connectivity index (χ1n) is 6.63. The molecule has 0 saturated heterocycles. The van der Waals surface area contributed by atoms with E-state index in [1.807, 2.05) is 29.8 Å². The molecule has 0 atom stereocenters. The van der Waals surface area contributed by atoms with Crippen LogP contribution in [-0.2, 0) is 18.3 Å². The zero-order valence-electron chi connectivity index (χ0n) is 11.5. The Morgan fingerprint density at radius 3 is 2.95 bits per heavy atom. The molecule has 20 heavy (non-hydrogen) atoms. The Kier molecular flexibility index (Phi) is 4.57. The van der Waals surface area contributed by atoms with Gasteiger partial charge in [0.05, 0.1) is 17.6 Å². The maximum atomic E-state index is 10.5. The standard InChI is InChI=1S/C14H19N3O3/c1-17-12-6-5-10(15-7-8-18)9-11(12)16-13(17)3-2-4-14(19)20/h5-6,9,15,18H,2-4,7-8H2,1H3,(H,19,20). The van der Waals surface area contributed by atoms with Gasteiger partial charge in [-0.25, -0.2) is 4.98 Å². The summed E-state index contributed by atoms with van der Waals surface area (Å²) in [6, 6.07) is 5.86. The molecule has 1 heterocycles. The molecule has 0 unspecified atom stereocenters. The second-order valence-electron chi connectivity index (χ2n) is 4.69. The molecule has 0 aliphatic heterocycles. The van der Waals surface area contributed by atoms with Gasteiger partial charge in [-0.15, -0.1) is 0 Å². The molecule has 2 rings (SSSR count). The van der Waals surface area contributed by atoms with E-state index in [4.69, 9.17) is 10.2 Å². The first-order chi connectivity index (χ1) is 9.61. The summed E-state index contributed by atoms with van der Waals surface area (Å²) in [6.07, 6.45) is 1.39. The number of nitrogens with one attached hydrogen (secondary N) is 1. The highest BCUT2D eigenvalue weighted by Gasteiger charge is 2.09. The molecule has 6 heteroatoms. The minimum Gasteiger partial charge on any atom is -0.481 e. The van der Waals surface area contributed by atoms with Gasteiger partial charge in [0.15, 0.2) is 0 Å². The Labute approximate surface area is 117 Å². The summed E-state index contributed by atoms with van der Waals surface area (Å²) in [4.78, 5) is 15.1. The minimum absolute atomic E-state index is 0.0840. The van der Waals surface area contributed by atoms with Crippen molar-refractivity contribution in [2.75, 3.05) is 18.5 Å². The molecule has 0 fully saturated rings. The Hall–Kier alpha value is -2.08. The molecule has 6 nitrogen and oxygen atoms in total. The predicted molar refractivity (Wildman–Crippen MR) is 76.9 cm³/mol. The van der Waals surface area contributed by atoms with Crippen LogP contribution in [0.1, 0.15) is 18.7 Å². The quantitative estimate of drug-likeness (QED) is 0.711. The van der Waals surface area contributed by atoms with Crippen LogP contribution in [0.15, 0.2) is 18.2 Å². The lowest BCUT2D eigenvalue weighted by atomic mass is 10.2. The molecule has 108 valence electrons.